The van der Waals surface area contributed by atoms with Crippen LogP contribution in [0.3, 0.4) is 0 Å². The van der Waals surface area contributed by atoms with Crippen molar-refractivity contribution in [2.75, 3.05) is 13.7 Å². The summed E-state index contributed by atoms with van der Waals surface area (Å²) in [7, 11) is 1.54. The van der Waals surface area contributed by atoms with E-state index in [2.05, 4.69) is 10.6 Å². The third-order valence-electron chi connectivity index (χ3n) is 4.53. The molecule has 152 valence electrons. The van der Waals surface area contributed by atoms with Gasteiger partial charge in [-0.05, 0) is 25.5 Å². The summed E-state index contributed by atoms with van der Waals surface area (Å²) >= 11 is 0. The molecule has 3 rings (SSSR count). The molecule has 0 aromatic heterocycles. The van der Waals surface area contributed by atoms with Crippen molar-refractivity contribution in [1.82, 2.24) is 10.6 Å². The Morgan fingerprint density at radius 2 is 1.86 bits per heavy atom. The zero-order valence-corrected chi connectivity index (χ0v) is 16.7. The first kappa shape index (κ1) is 20.3. The Balaban J connectivity index is 2.02. The SMILES string of the molecule is CCOC(=O)C1=C(C)NC(=O)NC1c1cccc(OC)c1OCc1ccccc1. The molecule has 2 aromatic rings. The Labute approximate surface area is 169 Å². The Morgan fingerprint density at radius 3 is 2.55 bits per heavy atom. The number of amides is 2. The summed E-state index contributed by atoms with van der Waals surface area (Å²) in [4.78, 5) is 24.7. The highest BCUT2D eigenvalue weighted by molar-refractivity contribution is 5.95. The molecule has 0 bridgehead atoms. The maximum atomic E-state index is 12.6. The number of allylic oxidation sites excluding steroid dienone is 1. The summed E-state index contributed by atoms with van der Waals surface area (Å²) in [6, 6.07) is 13.9. The minimum absolute atomic E-state index is 0.228. The monoisotopic (exact) mass is 396 g/mol. The molecule has 1 unspecified atom stereocenters. The van der Waals surface area contributed by atoms with Gasteiger partial charge in [-0.3, -0.25) is 0 Å². The predicted molar refractivity (Wildman–Crippen MR) is 108 cm³/mol. The summed E-state index contributed by atoms with van der Waals surface area (Å²) in [5, 5.41) is 5.43. The van der Waals surface area contributed by atoms with Crippen molar-refractivity contribution in [3.63, 3.8) is 0 Å². The normalized spacial score (nSPS) is 16.0. The van der Waals surface area contributed by atoms with Gasteiger partial charge in [-0.25, -0.2) is 9.59 Å². The average Bonchev–Trinajstić information content (AvgIpc) is 2.72. The van der Waals surface area contributed by atoms with Crippen molar-refractivity contribution in [3.8, 4) is 11.5 Å². The largest absolute Gasteiger partial charge is 0.493 e. The molecule has 2 aromatic carbocycles. The molecular formula is C22H24N2O5. The number of benzene rings is 2. The highest BCUT2D eigenvalue weighted by atomic mass is 16.5. The third-order valence-corrected chi connectivity index (χ3v) is 4.53. The fourth-order valence-electron chi connectivity index (χ4n) is 3.21. The molecule has 0 aliphatic carbocycles. The van der Waals surface area contributed by atoms with Gasteiger partial charge in [-0.15, -0.1) is 0 Å². The van der Waals surface area contributed by atoms with Gasteiger partial charge in [0.1, 0.15) is 6.61 Å². The summed E-state index contributed by atoms with van der Waals surface area (Å²) in [5.74, 6) is 0.465. The van der Waals surface area contributed by atoms with E-state index in [4.69, 9.17) is 14.2 Å². The number of hydrogen-bond acceptors (Lipinski definition) is 5. The predicted octanol–water partition coefficient (Wildman–Crippen LogP) is 3.47. The maximum absolute atomic E-state index is 12.6. The fourth-order valence-corrected chi connectivity index (χ4v) is 3.21. The molecule has 7 heteroatoms. The molecule has 1 atom stereocenters. The molecule has 1 aliphatic rings. The van der Waals surface area contributed by atoms with Gasteiger partial charge in [-0.1, -0.05) is 42.5 Å². The lowest BCUT2D eigenvalue weighted by Gasteiger charge is -2.29. The van der Waals surface area contributed by atoms with E-state index in [0.29, 0.717) is 34.9 Å². The van der Waals surface area contributed by atoms with Crippen LogP contribution in [0.25, 0.3) is 0 Å². The van der Waals surface area contributed by atoms with Crippen molar-refractivity contribution in [3.05, 3.63) is 70.9 Å². The maximum Gasteiger partial charge on any atom is 0.338 e. The number of esters is 1. The first-order valence-corrected chi connectivity index (χ1v) is 9.34. The molecule has 0 saturated heterocycles. The van der Waals surface area contributed by atoms with Crippen molar-refractivity contribution in [2.45, 2.75) is 26.5 Å². The van der Waals surface area contributed by atoms with Gasteiger partial charge in [-0.2, -0.15) is 0 Å². The average molecular weight is 396 g/mol. The van der Waals surface area contributed by atoms with Crippen LogP contribution in [-0.4, -0.2) is 25.7 Å². The van der Waals surface area contributed by atoms with Crippen LogP contribution in [-0.2, 0) is 16.1 Å². The molecule has 29 heavy (non-hydrogen) atoms. The zero-order valence-electron chi connectivity index (χ0n) is 16.7. The third kappa shape index (κ3) is 4.51. The summed E-state index contributed by atoms with van der Waals surface area (Å²) in [5.41, 5.74) is 2.35. The lowest BCUT2D eigenvalue weighted by molar-refractivity contribution is -0.139. The molecular weight excluding hydrogens is 372 g/mol. The Hall–Kier alpha value is -3.48. The van der Waals surface area contributed by atoms with Crippen LogP contribution >= 0.6 is 0 Å². The number of nitrogens with one attached hydrogen (secondary N) is 2. The van der Waals surface area contributed by atoms with Gasteiger partial charge in [0.2, 0.25) is 0 Å². The number of hydrogen-bond donors (Lipinski definition) is 2. The van der Waals surface area contributed by atoms with Crippen LogP contribution in [0, 0.1) is 0 Å². The molecule has 2 N–H and O–H groups in total. The van der Waals surface area contributed by atoms with E-state index in [9.17, 15) is 9.59 Å². The van der Waals surface area contributed by atoms with Crippen molar-refractivity contribution >= 4 is 12.0 Å². The van der Waals surface area contributed by atoms with Crippen molar-refractivity contribution < 1.29 is 23.8 Å². The van der Waals surface area contributed by atoms with Crippen LogP contribution in [0.4, 0.5) is 4.79 Å². The number of urea groups is 1. The Morgan fingerprint density at radius 1 is 1.10 bits per heavy atom. The molecule has 1 heterocycles. The minimum Gasteiger partial charge on any atom is -0.493 e. The number of rotatable bonds is 7. The molecule has 0 fully saturated rings. The summed E-state index contributed by atoms with van der Waals surface area (Å²) in [6.45, 7) is 3.94. The van der Waals surface area contributed by atoms with Crippen LogP contribution < -0.4 is 20.1 Å². The summed E-state index contributed by atoms with van der Waals surface area (Å²) < 4.78 is 16.8. The first-order valence-electron chi connectivity index (χ1n) is 9.34. The second-order valence-electron chi connectivity index (χ2n) is 6.44. The molecule has 0 saturated carbocycles. The Kier molecular flexibility index (Phi) is 6.39. The van der Waals surface area contributed by atoms with E-state index in [1.165, 1.54) is 0 Å². The van der Waals surface area contributed by atoms with E-state index in [-0.39, 0.29) is 6.61 Å². The van der Waals surface area contributed by atoms with E-state index in [0.717, 1.165) is 5.56 Å². The van der Waals surface area contributed by atoms with E-state index >= 15 is 0 Å². The van der Waals surface area contributed by atoms with Crippen LogP contribution in [0.5, 0.6) is 11.5 Å². The summed E-state index contributed by atoms with van der Waals surface area (Å²) in [6.07, 6.45) is 0. The molecule has 2 amide bonds. The van der Waals surface area contributed by atoms with Gasteiger partial charge < -0.3 is 24.8 Å². The van der Waals surface area contributed by atoms with Gasteiger partial charge >= 0.3 is 12.0 Å². The zero-order chi connectivity index (χ0) is 20.8. The van der Waals surface area contributed by atoms with Crippen LogP contribution in [0.15, 0.2) is 59.8 Å². The van der Waals surface area contributed by atoms with Crippen LogP contribution in [0.2, 0.25) is 0 Å². The number of carbonyl (C=O) groups is 2. The highest BCUT2D eigenvalue weighted by Gasteiger charge is 2.34. The number of carbonyl (C=O) groups excluding carboxylic acids is 2. The molecule has 1 aliphatic heterocycles. The number of ether oxygens (including phenoxy) is 3. The van der Waals surface area contributed by atoms with Gasteiger partial charge in [0.15, 0.2) is 11.5 Å². The van der Waals surface area contributed by atoms with Crippen molar-refractivity contribution in [2.24, 2.45) is 0 Å². The van der Waals surface area contributed by atoms with Gasteiger partial charge in [0.05, 0.1) is 25.3 Å². The Bertz CT molecular complexity index is 924. The lowest BCUT2D eigenvalue weighted by atomic mass is 9.94. The molecule has 0 spiro atoms. The standard InChI is InChI=1S/C22H24N2O5/c1-4-28-21(25)18-14(2)23-22(26)24-19(18)16-11-8-12-17(27-3)20(16)29-13-15-9-6-5-7-10-15/h5-12,19H,4,13H2,1-3H3,(H2,23,24,26). The molecule has 0 radical (unpaired) electrons. The quantitative estimate of drug-likeness (QED) is 0.700. The van der Waals surface area contributed by atoms with E-state index in [1.807, 2.05) is 30.3 Å². The fraction of sp³-hybridized carbons (Fsp3) is 0.273. The van der Waals surface area contributed by atoms with Gasteiger partial charge in [0.25, 0.3) is 0 Å². The highest BCUT2D eigenvalue weighted by Crippen LogP contribution is 2.39. The van der Waals surface area contributed by atoms with Gasteiger partial charge in [0, 0.05) is 11.3 Å². The minimum atomic E-state index is -0.733. The number of methoxy groups -OCH3 is 1. The van der Waals surface area contributed by atoms with Crippen LogP contribution in [0.1, 0.15) is 31.0 Å². The second-order valence-corrected chi connectivity index (χ2v) is 6.44. The second kappa shape index (κ2) is 9.14. The molecule has 7 nitrogen and oxygen atoms in total. The lowest BCUT2D eigenvalue weighted by Crippen LogP contribution is -2.45. The first-order chi connectivity index (χ1) is 14.0. The number of para-hydroxylation sites is 1. The smallest absolute Gasteiger partial charge is 0.338 e. The topological polar surface area (TPSA) is 85.9 Å². The van der Waals surface area contributed by atoms with E-state index < -0.39 is 18.0 Å². The van der Waals surface area contributed by atoms with E-state index in [1.54, 1.807) is 39.2 Å². The van der Waals surface area contributed by atoms with Crippen molar-refractivity contribution in [1.29, 1.82) is 0 Å².